The predicted molar refractivity (Wildman–Crippen MR) is 144 cm³/mol. The number of nitrogens with zero attached hydrogens (tertiary/aromatic N) is 1. The highest BCUT2D eigenvalue weighted by Gasteiger charge is 2.36. The molecule has 4 aromatic carbocycles. The molecule has 8 nitrogen and oxygen atoms in total. The van der Waals surface area contributed by atoms with Crippen molar-refractivity contribution in [3.63, 3.8) is 0 Å². The van der Waals surface area contributed by atoms with E-state index in [1.165, 1.54) is 42.5 Å². The van der Waals surface area contributed by atoms with Crippen LogP contribution in [0.3, 0.4) is 0 Å². The first-order valence-electron chi connectivity index (χ1n) is 11.8. The molecule has 0 aromatic heterocycles. The average molecular weight is 606 g/mol. The minimum absolute atomic E-state index is 0.0891. The lowest BCUT2D eigenvalue weighted by Gasteiger charge is -2.31. The molecule has 0 unspecified atom stereocenters. The van der Waals surface area contributed by atoms with E-state index in [0.717, 1.165) is 34.6 Å². The van der Waals surface area contributed by atoms with Gasteiger partial charge in [0, 0.05) is 22.5 Å². The van der Waals surface area contributed by atoms with Crippen LogP contribution in [0.25, 0.3) is 11.1 Å². The van der Waals surface area contributed by atoms with E-state index in [-0.39, 0.29) is 26.9 Å². The van der Waals surface area contributed by atoms with E-state index in [1.54, 1.807) is 12.1 Å². The minimum atomic E-state index is -4.66. The molecule has 0 saturated carbocycles. The van der Waals surface area contributed by atoms with Crippen molar-refractivity contribution in [1.82, 2.24) is 0 Å². The molecular formula is C27H19F4N3O5S2. The van der Waals surface area contributed by atoms with Gasteiger partial charge in [0.25, 0.3) is 20.0 Å². The average Bonchev–Trinajstić information content (AvgIpc) is 2.91. The van der Waals surface area contributed by atoms with Gasteiger partial charge >= 0.3 is 6.18 Å². The van der Waals surface area contributed by atoms with E-state index in [0.29, 0.717) is 17.2 Å². The van der Waals surface area contributed by atoms with Gasteiger partial charge in [0.05, 0.1) is 21.0 Å². The molecule has 5 rings (SSSR count). The molecule has 1 aliphatic heterocycles. The Kier molecular flexibility index (Phi) is 6.99. The summed E-state index contributed by atoms with van der Waals surface area (Å²) in [7, 11) is -8.45. The molecule has 2 N–H and O–H groups in total. The number of anilines is 3. The fraction of sp³-hybridized carbons (Fsp3) is 0.0741. The van der Waals surface area contributed by atoms with Crippen molar-refractivity contribution in [2.24, 2.45) is 0 Å². The first kappa shape index (κ1) is 28.1. The number of carbonyl (C=O) groups is 1. The van der Waals surface area contributed by atoms with Crippen molar-refractivity contribution >= 4 is 43.0 Å². The van der Waals surface area contributed by atoms with E-state index in [2.05, 4.69) is 10.0 Å². The van der Waals surface area contributed by atoms with Crippen molar-refractivity contribution in [1.29, 1.82) is 0 Å². The molecule has 14 heteroatoms. The topological polar surface area (TPSA) is 113 Å². The van der Waals surface area contributed by atoms with Crippen molar-refractivity contribution in [2.45, 2.75) is 16.0 Å². The van der Waals surface area contributed by atoms with Gasteiger partial charge in [-0.1, -0.05) is 24.3 Å². The van der Waals surface area contributed by atoms with E-state index in [9.17, 15) is 39.2 Å². The second kappa shape index (κ2) is 10.2. The van der Waals surface area contributed by atoms with E-state index in [4.69, 9.17) is 0 Å². The lowest BCUT2D eigenvalue weighted by Crippen LogP contribution is -2.40. The number of hydrogen-bond acceptors (Lipinski definition) is 5. The second-order valence-electron chi connectivity index (χ2n) is 8.93. The summed E-state index contributed by atoms with van der Waals surface area (Å²) >= 11 is 0. The van der Waals surface area contributed by atoms with Gasteiger partial charge in [-0.25, -0.2) is 21.2 Å². The lowest BCUT2D eigenvalue weighted by atomic mass is 10.0. The molecule has 4 aromatic rings. The Labute approximate surface area is 232 Å². The highest BCUT2D eigenvalue weighted by molar-refractivity contribution is 7.93. The van der Waals surface area contributed by atoms with Crippen LogP contribution >= 0.6 is 0 Å². The molecule has 0 spiro atoms. The largest absolute Gasteiger partial charge is 0.416 e. The van der Waals surface area contributed by atoms with Crippen LogP contribution in [-0.2, 0) is 31.0 Å². The number of nitrogens with one attached hydrogen (secondary N) is 2. The van der Waals surface area contributed by atoms with Gasteiger partial charge in [0.15, 0.2) is 0 Å². The fourth-order valence-corrected chi connectivity index (χ4v) is 6.99. The maximum Gasteiger partial charge on any atom is 0.416 e. The van der Waals surface area contributed by atoms with Crippen LogP contribution in [0, 0.1) is 5.82 Å². The van der Waals surface area contributed by atoms with Gasteiger partial charge in [-0.05, 0) is 66.7 Å². The number of alkyl halides is 3. The Balaban J connectivity index is 1.33. The molecule has 1 aliphatic rings. The fourth-order valence-electron chi connectivity index (χ4n) is 4.30. The monoisotopic (exact) mass is 605 g/mol. The molecule has 0 bridgehead atoms. The van der Waals surface area contributed by atoms with Crippen LogP contribution in [0.15, 0.2) is 101 Å². The summed E-state index contributed by atoms with van der Waals surface area (Å²) in [6, 6.07) is 18.0. The molecule has 0 fully saturated rings. The number of carbonyl (C=O) groups excluding carboxylic acids is 1. The van der Waals surface area contributed by atoms with E-state index in [1.807, 2.05) is 0 Å². The van der Waals surface area contributed by atoms with Crippen LogP contribution in [0.5, 0.6) is 0 Å². The van der Waals surface area contributed by atoms with Crippen molar-refractivity contribution in [2.75, 3.05) is 20.9 Å². The zero-order valence-corrected chi connectivity index (χ0v) is 22.3. The van der Waals surface area contributed by atoms with E-state index >= 15 is 0 Å². The highest BCUT2D eigenvalue weighted by Crippen LogP contribution is 2.43. The Morgan fingerprint density at radius 2 is 1.54 bits per heavy atom. The van der Waals surface area contributed by atoms with Crippen molar-refractivity contribution < 1.29 is 39.2 Å². The summed E-state index contributed by atoms with van der Waals surface area (Å²) in [5.74, 6) is -1.35. The number of sulfonamides is 2. The third-order valence-corrected chi connectivity index (χ3v) is 9.37. The standard InChI is InChI=1S/C27H19F4N3O5S2/c28-18-8-13-24-23(15-18)22-6-1-2-7-25(22)41(38,39)34(24)16-26(35)32-19-9-11-21(12-10-19)40(36,37)33-20-5-3-4-17(14-20)27(29,30)31/h1-15,33H,16H2,(H,32,35). The molecule has 212 valence electrons. The smallest absolute Gasteiger partial charge is 0.325 e. The molecule has 1 amide bonds. The number of rotatable bonds is 6. The SMILES string of the molecule is O=C(CN1c2ccc(F)cc2-c2ccccc2S1(=O)=O)Nc1ccc(S(=O)(=O)Nc2cccc(C(F)(F)F)c2)cc1. The zero-order chi connectivity index (χ0) is 29.6. The maximum absolute atomic E-state index is 14.0. The first-order valence-corrected chi connectivity index (χ1v) is 14.7. The Morgan fingerprint density at radius 3 is 2.24 bits per heavy atom. The van der Waals surface area contributed by atoms with E-state index < -0.39 is 50.1 Å². The molecule has 1 heterocycles. The Morgan fingerprint density at radius 1 is 0.829 bits per heavy atom. The maximum atomic E-state index is 14.0. The molecular weight excluding hydrogens is 586 g/mol. The molecule has 0 radical (unpaired) electrons. The summed E-state index contributed by atoms with van der Waals surface area (Å²) < 4.78 is 108. The van der Waals surface area contributed by atoms with Crippen molar-refractivity contribution in [3.05, 3.63) is 102 Å². The number of hydrogen-bond donors (Lipinski definition) is 2. The molecule has 0 atom stereocenters. The van der Waals surface area contributed by atoms with Crippen LogP contribution in [0.1, 0.15) is 5.56 Å². The third-order valence-electron chi connectivity index (χ3n) is 6.15. The summed E-state index contributed by atoms with van der Waals surface area (Å²) in [5.41, 5.74) is -0.478. The summed E-state index contributed by atoms with van der Waals surface area (Å²) in [5, 5.41) is 2.49. The normalized spacial score (nSPS) is 14.1. The lowest BCUT2D eigenvalue weighted by molar-refractivity contribution is -0.137. The van der Waals surface area contributed by atoms with Crippen LogP contribution < -0.4 is 14.3 Å². The predicted octanol–water partition coefficient (Wildman–Crippen LogP) is 5.46. The number of fused-ring (bicyclic) bond motifs is 3. The van der Waals surface area contributed by atoms with Crippen LogP contribution in [0.2, 0.25) is 0 Å². The molecule has 0 saturated heterocycles. The second-order valence-corrected chi connectivity index (χ2v) is 12.4. The quantitative estimate of drug-likeness (QED) is 0.284. The summed E-state index contributed by atoms with van der Waals surface area (Å²) in [6.45, 7) is -0.660. The Hall–Kier alpha value is -4.43. The number of amides is 1. The summed E-state index contributed by atoms with van der Waals surface area (Å²) in [6.07, 6.45) is -4.66. The van der Waals surface area contributed by atoms with Crippen LogP contribution in [0.4, 0.5) is 34.6 Å². The molecule has 0 aliphatic carbocycles. The third kappa shape index (κ3) is 5.60. The van der Waals surface area contributed by atoms with Gasteiger partial charge in [-0.2, -0.15) is 13.2 Å². The van der Waals surface area contributed by atoms with Gasteiger partial charge in [0.2, 0.25) is 5.91 Å². The molecule has 41 heavy (non-hydrogen) atoms. The summed E-state index contributed by atoms with van der Waals surface area (Å²) in [4.78, 5) is 12.5. The zero-order valence-electron chi connectivity index (χ0n) is 20.7. The first-order chi connectivity index (χ1) is 19.3. The van der Waals surface area contributed by atoms with Gasteiger partial charge < -0.3 is 5.32 Å². The van der Waals surface area contributed by atoms with Crippen molar-refractivity contribution in [3.8, 4) is 11.1 Å². The van der Waals surface area contributed by atoms with Gasteiger partial charge in [0.1, 0.15) is 12.4 Å². The minimum Gasteiger partial charge on any atom is -0.325 e. The highest BCUT2D eigenvalue weighted by atomic mass is 32.2. The Bertz CT molecular complexity index is 1880. The number of halogens is 4. The van der Waals surface area contributed by atoms with Gasteiger partial charge in [-0.3, -0.25) is 13.8 Å². The number of benzene rings is 4. The van der Waals surface area contributed by atoms with Crippen LogP contribution in [-0.4, -0.2) is 29.3 Å². The van der Waals surface area contributed by atoms with Gasteiger partial charge in [-0.15, -0.1) is 0 Å².